The number of ether oxygens (including phenoxy) is 2. The number of hydrogen-bond donors (Lipinski definition) is 2. The molecule has 2 N–H and O–H groups in total. The summed E-state index contributed by atoms with van der Waals surface area (Å²) in [6.07, 6.45) is 3.58. The van der Waals surface area contributed by atoms with E-state index in [1.165, 1.54) is 0 Å². The Balaban J connectivity index is 1.99. The van der Waals surface area contributed by atoms with E-state index >= 15 is 0 Å². The molecule has 0 aliphatic rings. The first-order valence-corrected chi connectivity index (χ1v) is 6.18. The highest BCUT2D eigenvalue weighted by molar-refractivity contribution is 5.42. The SMILES string of the molecule is COc1ccc(CNC(C)c2ncc[nH]2)cc1OC. The summed E-state index contributed by atoms with van der Waals surface area (Å²) in [5.74, 6) is 2.42. The highest BCUT2D eigenvalue weighted by Crippen LogP contribution is 2.27. The standard InChI is InChI=1S/C14H19N3O2/c1-10(14-15-6-7-16-14)17-9-11-4-5-12(18-2)13(8-11)19-3/h4-8,10,17H,9H2,1-3H3,(H,15,16). The van der Waals surface area contributed by atoms with Gasteiger partial charge in [0.2, 0.25) is 0 Å². The second kappa shape index (κ2) is 6.24. The number of aromatic nitrogens is 2. The summed E-state index contributed by atoms with van der Waals surface area (Å²) in [6, 6.07) is 6.07. The van der Waals surface area contributed by atoms with Crippen LogP contribution in [0, 0.1) is 0 Å². The van der Waals surface area contributed by atoms with Gasteiger partial charge in [-0.3, -0.25) is 0 Å². The van der Waals surface area contributed by atoms with Crippen LogP contribution in [0.2, 0.25) is 0 Å². The van der Waals surface area contributed by atoms with Gasteiger partial charge in [-0.1, -0.05) is 6.07 Å². The van der Waals surface area contributed by atoms with Gasteiger partial charge in [0.15, 0.2) is 11.5 Å². The molecule has 102 valence electrons. The van der Waals surface area contributed by atoms with Crippen LogP contribution >= 0.6 is 0 Å². The van der Waals surface area contributed by atoms with Crippen molar-refractivity contribution >= 4 is 0 Å². The third-order valence-corrected chi connectivity index (χ3v) is 2.99. The van der Waals surface area contributed by atoms with Crippen LogP contribution < -0.4 is 14.8 Å². The number of aromatic amines is 1. The Morgan fingerprint density at radius 3 is 2.68 bits per heavy atom. The minimum atomic E-state index is 0.170. The highest BCUT2D eigenvalue weighted by Gasteiger charge is 2.08. The van der Waals surface area contributed by atoms with E-state index < -0.39 is 0 Å². The maximum atomic E-state index is 5.28. The van der Waals surface area contributed by atoms with Gasteiger partial charge in [-0.2, -0.15) is 0 Å². The van der Waals surface area contributed by atoms with Crippen molar-refractivity contribution in [1.29, 1.82) is 0 Å². The van der Waals surface area contributed by atoms with Crippen LogP contribution in [-0.4, -0.2) is 24.2 Å². The smallest absolute Gasteiger partial charge is 0.161 e. The van der Waals surface area contributed by atoms with Gasteiger partial charge in [-0.05, 0) is 24.6 Å². The molecular weight excluding hydrogens is 242 g/mol. The lowest BCUT2D eigenvalue weighted by molar-refractivity contribution is 0.354. The Morgan fingerprint density at radius 1 is 1.26 bits per heavy atom. The summed E-state index contributed by atoms with van der Waals surface area (Å²) < 4.78 is 10.5. The molecule has 0 amide bonds. The fourth-order valence-corrected chi connectivity index (χ4v) is 1.87. The van der Waals surface area contributed by atoms with E-state index in [0.717, 1.165) is 29.4 Å². The van der Waals surface area contributed by atoms with Crippen LogP contribution in [0.5, 0.6) is 11.5 Å². The Hall–Kier alpha value is -2.01. The number of hydrogen-bond acceptors (Lipinski definition) is 4. The van der Waals surface area contributed by atoms with Crippen LogP contribution in [0.1, 0.15) is 24.4 Å². The fraction of sp³-hybridized carbons (Fsp3) is 0.357. The van der Waals surface area contributed by atoms with E-state index in [9.17, 15) is 0 Å². The molecule has 1 unspecified atom stereocenters. The van der Waals surface area contributed by atoms with Crippen LogP contribution in [0.15, 0.2) is 30.6 Å². The van der Waals surface area contributed by atoms with E-state index in [-0.39, 0.29) is 6.04 Å². The summed E-state index contributed by atoms with van der Waals surface area (Å²) in [5.41, 5.74) is 1.14. The van der Waals surface area contributed by atoms with E-state index in [2.05, 4.69) is 22.2 Å². The predicted molar refractivity (Wildman–Crippen MR) is 73.4 cm³/mol. The van der Waals surface area contributed by atoms with E-state index in [1.54, 1.807) is 20.4 Å². The number of rotatable bonds is 6. The maximum Gasteiger partial charge on any atom is 0.161 e. The van der Waals surface area contributed by atoms with Crippen LogP contribution in [0.4, 0.5) is 0 Å². The number of imidazole rings is 1. The van der Waals surface area contributed by atoms with Gasteiger partial charge >= 0.3 is 0 Å². The molecule has 0 spiro atoms. The van der Waals surface area contributed by atoms with Gasteiger partial charge < -0.3 is 19.8 Å². The molecule has 5 heteroatoms. The maximum absolute atomic E-state index is 5.28. The lowest BCUT2D eigenvalue weighted by Crippen LogP contribution is -2.19. The molecule has 1 aromatic carbocycles. The van der Waals surface area contributed by atoms with Crippen molar-refractivity contribution in [3.63, 3.8) is 0 Å². The molecule has 1 atom stereocenters. The van der Waals surface area contributed by atoms with Gasteiger partial charge in [0.05, 0.1) is 20.3 Å². The number of nitrogens with zero attached hydrogens (tertiary/aromatic N) is 1. The lowest BCUT2D eigenvalue weighted by atomic mass is 10.2. The zero-order chi connectivity index (χ0) is 13.7. The monoisotopic (exact) mass is 261 g/mol. The molecule has 0 saturated carbocycles. The lowest BCUT2D eigenvalue weighted by Gasteiger charge is -2.13. The Labute approximate surface area is 113 Å². The molecule has 19 heavy (non-hydrogen) atoms. The number of benzene rings is 1. The minimum Gasteiger partial charge on any atom is -0.493 e. The first-order valence-electron chi connectivity index (χ1n) is 6.18. The van der Waals surface area contributed by atoms with Crippen molar-refractivity contribution in [2.75, 3.05) is 14.2 Å². The largest absolute Gasteiger partial charge is 0.493 e. The van der Waals surface area contributed by atoms with Crippen molar-refractivity contribution in [3.8, 4) is 11.5 Å². The Morgan fingerprint density at radius 2 is 2.05 bits per heavy atom. The van der Waals surface area contributed by atoms with Gasteiger partial charge in [0, 0.05) is 18.9 Å². The van der Waals surface area contributed by atoms with Crippen molar-refractivity contribution in [1.82, 2.24) is 15.3 Å². The summed E-state index contributed by atoms with van der Waals surface area (Å²) in [4.78, 5) is 7.32. The molecule has 5 nitrogen and oxygen atoms in total. The Kier molecular flexibility index (Phi) is 4.41. The van der Waals surface area contributed by atoms with Crippen molar-refractivity contribution < 1.29 is 9.47 Å². The zero-order valence-corrected chi connectivity index (χ0v) is 11.4. The molecular formula is C14H19N3O2. The predicted octanol–water partition coefficient (Wildman–Crippen LogP) is 2.28. The number of nitrogens with one attached hydrogen (secondary N) is 2. The van der Waals surface area contributed by atoms with Crippen LogP contribution in [0.25, 0.3) is 0 Å². The molecule has 0 radical (unpaired) electrons. The summed E-state index contributed by atoms with van der Waals surface area (Å²) >= 11 is 0. The zero-order valence-electron chi connectivity index (χ0n) is 11.4. The van der Waals surface area contributed by atoms with Crippen molar-refractivity contribution in [3.05, 3.63) is 42.0 Å². The topological polar surface area (TPSA) is 59.2 Å². The molecule has 0 fully saturated rings. The van der Waals surface area contributed by atoms with E-state index in [4.69, 9.17) is 9.47 Å². The molecule has 0 bridgehead atoms. The third kappa shape index (κ3) is 3.26. The van der Waals surface area contributed by atoms with Gasteiger partial charge in [0.25, 0.3) is 0 Å². The summed E-state index contributed by atoms with van der Waals surface area (Å²) in [5, 5.41) is 3.40. The van der Waals surface area contributed by atoms with Gasteiger partial charge in [-0.25, -0.2) is 4.98 Å². The first kappa shape index (κ1) is 13.4. The van der Waals surface area contributed by atoms with Crippen molar-refractivity contribution in [2.45, 2.75) is 19.5 Å². The fourth-order valence-electron chi connectivity index (χ4n) is 1.87. The molecule has 0 saturated heterocycles. The van der Waals surface area contributed by atoms with E-state index in [1.807, 2.05) is 24.4 Å². The van der Waals surface area contributed by atoms with Crippen LogP contribution in [-0.2, 0) is 6.54 Å². The molecule has 2 aromatic rings. The average molecular weight is 261 g/mol. The average Bonchev–Trinajstić information content (AvgIpc) is 2.98. The second-order valence-electron chi connectivity index (χ2n) is 4.27. The minimum absolute atomic E-state index is 0.170. The van der Waals surface area contributed by atoms with Crippen molar-refractivity contribution in [2.24, 2.45) is 0 Å². The second-order valence-corrected chi connectivity index (χ2v) is 4.27. The highest BCUT2D eigenvalue weighted by atomic mass is 16.5. The molecule has 1 aromatic heterocycles. The van der Waals surface area contributed by atoms with E-state index in [0.29, 0.717) is 0 Å². The summed E-state index contributed by atoms with van der Waals surface area (Å²) in [7, 11) is 3.27. The van der Waals surface area contributed by atoms with Gasteiger partial charge in [-0.15, -0.1) is 0 Å². The molecule has 0 aliphatic carbocycles. The quantitative estimate of drug-likeness (QED) is 0.837. The number of H-pyrrole nitrogens is 1. The molecule has 0 aliphatic heterocycles. The Bertz CT molecular complexity index is 511. The summed E-state index contributed by atoms with van der Waals surface area (Å²) in [6.45, 7) is 2.81. The first-order chi connectivity index (χ1) is 9.24. The van der Waals surface area contributed by atoms with Crippen LogP contribution in [0.3, 0.4) is 0 Å². The normalized spacial score (nSPS) is 12.2. The number of methoxy groups -OCH3 is 2. The molecule has 1 heterocycles. The van der Waals surface area contributed by atoms with Gasteiger partial charge in [0.1, 0.15) is 5.82 Å². The molecule has 2 rings (SSSR count). The third-order valence-electron chi connectivity index (χ3n) is 2.99.